The molecule has 0 saturated heterocycles. The number of allylic oxidation sites excluding steroid dienone is 1. The molecule has 0 saturated carbocycles. The summed E-state index contributed by atoms with van der Waals surface area (Å²) in [5.74, 6) is 1.45. The molecule has 0 N–H and O–H groups in total. The zero-order valence-electron chi connectivity index (χ0n) is 17.6. The van der Waals surface area contributed by atoms with Crippen molar-refractivity contribution >= 4 is 28.4 Å². The molecule has 4 heteroatoms. The molecular formula is C25H31IN2O. The van der Waals surface area contributed by atoms with Gasteiger partial charge in [-0.2, -0.15) is 0 Å². The van der Waals surface area contributed by atoms with Crippen molar-refractivity contribution in [3.8, 4) is 0 Å². The van der Waals surface area contributed by atoms with Crippen molar-refractivity contribution in [1.29, 1.82) is 0 Å². The lowest BCUT2D eigenvalue weighted by atomic mass is 10.0. The molecule has 1 aliphatic heterocycles. The topological polar surface area (TPSA) is 24.8 Å². The highest BCUT2D eigenvalue weighted by Gasteiger charge is 2.24. The summed E-state index contributed by atoms with van der Waals surface area (Å²) in [6, 6.07) is 21.4. The van der Waals surface area contributed by atoms with Crippen molar-refractivity contribution in [2.24, 2.45) is 10.9 Å². The number of hydrogen-bond acceptors (Lipinski definition) is 2. The van der Waals surface area contributed by atoms with Gasteiger partial charge in [-0.3, -0.25) is 4.99 Å². The van der Waals surface area contributed by atoms with Crippen LogP contribution < -0.4 is 0 Å². The molecule has 0 radical (unpaired) electrons. The summed E-state index contributed by atoms with van der Waals surface area (Å²) in [6.45, 7) is 7.97. The highest BCUT2D eigenvalue weighted by molar-refractivity contribution is 14.1. The second kappa shape index (κ2) is 10.9. The van der Waals surface area contributed by atoms with Gasteiger partial charge in [0, 0.05) is 21.4 Å². The van der Waals surface area contributed by atoms with Crippen LogP contribution in [-0.4, -0.2) is 29.4 Å². The molecule has 0 aliphatic carbocycles. The summed E-state index contributed by atoms with van der Waals surface area (Å²) >= 11 is 2.45. The standard InChI is InChI=1S/C25H31IN2O/c1-19(2)24(18-29-17-21-10-6-4-7-11-21)27-25(22-12-8-5-9-13-22)28-16-23(26)15-14-20(28)3/h4-13,16,19-20,24H,14-15,17-18H2,1-3H3/t20-,24+/m1/s1. The molecule has 2 aromatic carbocycles. The third-order valence-corrected chi connectivity index (χ3v) is 6.11. The van der Waals surface area contributed by atoms with E-state index in [0.29, 0.717) is 25.2 Å². The molecular weight excluding hydrogens is 471 g/mol. The van der Waals surface area contributed by atoms with Gasteiger partial charge < -0.3 is 9.64 Å². The molecule has 3 rings (SSSR count). The van der Waals surface area contributed by atoms with Crippen molar-refractivity contribution in [3.63, 3.8) is 0 Å². The minimum atomic E-state index is 0.106. The molecule has 0 fully saturated rings. The maximum Gasteiger partial charge on any atom is 0.135 e. The van der Waals surface area contributed by atoms with E-state index in [4.69, 9.17) is 9.73 Å². The molecule has 0 amide bonds. The van der Waals surface area contributed by atoms with Crippen molar-refractivity contribution in [2.45, 2.75) is 52.3 Å². The Balaban J connectivity index is 1.84. The van der Waals surface area contributed by atoms with Crippen LogP contribution in [0.1, 0.15) is 44.7 Å². The van der Waals surface area contributed by atoms with Gasteiger partial charge in [0.25, 0.3) is 0 Å². The highest BCUT2D eigenvalue weighted by atomic mass is 127. The first-order valence-corrected chi connectivity index (χ1v) is 11.5. The average molecular weight is 502 g/mol. The summed E-state index contributed by atoms with van der Waals surface area (Å²) in [5.41, 5.74) is 2.36. The third-order valence-electron chi connectivity index (χ3n) is 5.29. The number of benzene rings is 2. The van der Waals surface area contributed by atoms with Gasteiger partial charge in [-0.1, -0.05) is 74.5 Å². The molecule has 0 unspecified atom stereocenters. The van der Waals surface area contributed by atoms with Gasteiger partial charge in [-0.15, -0.1) is 0 Å². The summed E-state index contributed by atoms with van der Waals surface area (Å²) in [4.78, 5) is 7.61. The van der Waals surface area contributed by atoms with Gasteiger partial charge in [0.05, 0.1) is 19.3 Å². The lowest BCUT2D eigenvalue weighted by Gasteiger charge is -2.34. The first-order chi connectivity index (χ1) is 14.0. The number of halogens is 1. The van der Waals surface area contributed by atoms with Gasteiger partial charge in [-0.05, 0) is 53.8 Å². The Labute approximate surface area is 189 Å². The predicted molar refractivity (Wildman–Crippen MR) is 130 cm³/mol. The van der Waals surface area contributed by atoms with Gasteiger partial charge in [0.1, 0.15) is 5.84 Å². The van der Waals surface area contributed by atoms with Crippen molar-refractivity contribution in [2.75, 3.05) is 6.61 Å². The Kier molecular flexibility index (Phi) is 8.30. The zero-order chi connectivity index (χ0) is 20.6. The number of rotatable bonds is 7. The average Bonchev–Trinajstić information content (AvgIpc) is 2.74. The second-order valence-corrected chi connectivity index (χ2v) is 9.39. The number of nitrogens with zero attached hydrogens (tertiary/aromatic N) is 2. The number of aliphatic imine (C=N–C) groups is 1. The summed E-state index contributed by atoms with van der Waals surface area (Å²) < 4.78 is 7.45. The highest BCUT2D eigenvalue weighted by Crippen LogP contribution is 2.27. The maximum atomic E-state index is 6.07. The smallest absolute Gasteiger partial charge is 0.135 e. The predicted octanol–water partition coefficient (Wildman–Crippen LogP) is 6.44. The lowest BCUT2D eigenvalue weighted by molar-refractivity contribution is 0.0976. The van der Waals surface area contributed by atoms with E-state index >= 15 is 0 Å². The largest absolute Gasteiger partial charge is 0.375 e. The fourth-order valence-electron chi connectivity index (χ4n) is 3.38. The van der Waals surface area contributed by atoms with Crippen LogP contribution in [0.3, 0.4) is 0 Å². The molecule has 29 heavy (non-hydrogen) atoms. The van der Waals surface area contributed by atoms with Crippen LogP contribution in [0.5, 0.6) is 0 Å². The van der Waals surface area contributed by atoms with Crippen molar-refractivity contribution < 1.29 is 4.74 Å². The van der Waals surface area contributed by atoms with E-state index in [1.165, 1.54) is 9.14 Å². The molecule has 1 heterocycles. The lowest BCUT2D eigenvalue weighted by Crippen LogP contribution is -2.38. The van der Waals surface area contributed by atoms with Crippen molar-refractivity contribution in [1.82, 2.24) is 4.90 Å². The fourth-order valence-corrected chi connectivity index (χ4v) is 4.00. The van der Waals surface area contributed by atoms with Crippen LogP contribution in [0, 0.1) is 5.92 Å². The maximum absolute atomic E-state index is 6.07. The Morgan fingerprint density at radius 2 is 1.76 bits per heavy atom. The van der Waals surface area contributed by atoms with Crippen LogP contribution in [0.25, 0.3) is 0 Å². The molecule has 3 nitrogen and oxygen atoms in total. The first kappa shape index (κ1) is 22.0. The summed E-state index contributed by atoms with van der Waals surface area (Å²) in [7, 11) is 0. The Hall–Kier alpha value is -1.66. The first-order valence-electron chi connectivity index (χ1n) is 10.4. The minimum Gasteiger partial charge on any atom is -0.375 e. The minimum absolute atomic E-state index is 0.106. The van der Waals surface area contributed by atoms with E-state index in [-0.39, 0.29) is 6.04 Å². The van der Waals surface area contributed by atoms with E-state index in [9.17, 15) is 0 Å². The summed E-state index contributed by atoms with van der Waals surface area (Å²) in [5, 5.41) is 0. The normalized spacial score (nSPS) is 18.7. The van der Waals surface area contributed by atoms with Crippen LogP contribution in [0.2, 0.25) is 0 Å². The molecule has 1 aliphatic rings. The molecule has 2 aromatic rings. The molecule has 0 spiro atoms. The summed E-state index contributed by atoms with van der Waals surface area (Å²) in [6.07, 6.45) is 4.56. The number of hydrogen-bond donors (Lipinski definition) is 0. The molecule has 154 valence electrons. The van der Waals surface area contributed by atoms with Gasteiger partial charge in [0.15, 0.2) is 0 Å². The van der Waals surface area contributed by atoms with E-state index < -0.39 is 0 Å². The SMILES string of the molecule is CC(C)[C@H](COCc1ccccc1)N=C(c1ccccc1)N1C=C(I)CC[C@H]1C. The van der Waals surface area contributed by atoms with Gasteiger partial charge >= 0.3 is 0 Å². The van der Waals surface area contributed by atoms with Crippen molar-refractivity contribution in [3.05, 3.63) is 81.6 Å². The molecule has 0 bridgehead atoms. The van der Waals surface area contributed by atoms with Crippen LogP contribution in [-0.2, 0) is 11.3 Å². The van der Waals surface area contributed by atoms with Gasteiger partial charge in [0.2, 0.25) is 0 Å². The Morgan fingerprint density at radius 3 is 2.41 bits per heavy atom. The monoisotopic (exact) mass is 502 g/mol. The number of amidine groups is 1. The second-order valence-electron chi connectivity index (χ2n) is 8.00. The third kappa shape index (κ3) is 6.41. The quantitative estimate of drug-likeness (QED) is 0.248. The molecule has 2 atom stereocenters. The Morgan fingerprint density at radius 1 is 1.10 bits per heavy atom. The van der Waals surface area contributed by atoms with E-state index in [1.807, 2.05) is 6.07 Å². The van der Waals surface area contributed by atoms with E-state index in [0.717, 1.165) is 24.2 Å². The van der Waals surface area contributed by atoms with Crippen LogP contribution in [0.15, 0.2) is 75.4 Å². The van der Waals surface area contributed by atoms with Crippen LogP contribution >= 0.6 is 22.6 Å². The zero-order valence-corrected chi connectivity index (χ0v) is 19.7. The van der Waals surface area contributed by atoms with E-state index in [1.54, 1.807) is 0 Å². The van der Waals surface area contributed by atoms with E-state index in [2.05, 4.69) is 109 Å². The van der Waals surface area contributed by atoms with Gasteiger partial charge in [-0.25, -0.2) is 0 Å². The van der Waals surface area contributed by atoms with Crippen LogP contribution in [0.4, 0.5) is 0 Å². The number of ether oxygens (including phenoxy) is 1. The fraction of sp³-hybridized carbons (Fsp3) is 0.400. The molecule has 0 aromatic heterocycles. The Bertz CT molecular complexity index is 817.